The largest absolute Gasteiger partial charge is 0.355 e. The van der Waals surface area contributed by atoms with E-state index in [-0.39, 0.29) is 17.3 Å². The smallest absolute Gasteiger partial charge is 0.251 e. The van der Waals surface area contributed by atoms with Gasteiger partial charge in [-0.15, -0.1) is 0 Å². The number of aryl methyl sites for hydroxylation is 1. The summed E-state index contributed by atoms with van der Waals surface area (Å²) in [6, 6.07) is 14.0. The molecule has 122 valence electrons. The molecule has 0 aliphatic heterocycles. The first-order valence-electron chi connectivity index (χ1n) is 7.19. The van der Waals surface area contributed by atoms with E-state index in [4.69, 9.17) is 0 Å². The average Bonchev–Trinajstić information content (AvgIpc) is 2.55. The lowest BCUT2D eigenvalue weighted by Crippen LogP contribution is -2.27. The summed E-state index contributed by atoms with van der Waals surface area (Å²) in [6.07, 6.45) is 0. The van der Waals surface area contributed by atoms with E-state index in [1.54, 1.807) is 13.0 Å². The zero-order valence-electron chi connectivity index (χ0n) is 13.4. The Hall–Kier alpha value is -2.18. The van der Waals surface area contributed by atoms with Crippen LogP contribution in [0.5, 0.6) is 0 Å². The van der Waals surface area contributed by atoms with Crippen LogP contribution < -0.4 is 5.32 Å². The van der Waals surface area contributed by atoms with Crippen LogP contribution >= 0.6 is 0 Å². The van der Waals surface area contributed by atoms with Gasteiger partial charge in [-0.1, -0.05) is 36.4 Å². The monoisotopic (exact) mass is 332 g/mol. The fourth-order valence-corrected chi connectivity index (χ4v) is 3.43. The van der Waals surface area contributed by atoms with Crippen LogP contribution in [0.4, 0.5) is 0 Å². The second-order valence-corrected chi connectivity index (χ2v) is 7.35. The summed E-state index contributed by atoms with van der Waals surface area (Å²) in [5, 5.41) is 2.52. The number of carbonyl (C=O) groups is 1. The standard InChI is InChI=1S/C17H20N2O3S/c1-13-9-10-15(11-16(13)17(20)18-2)23(21,22)19(3)12-14-7-5-4-6-8-14/h4-11H,12H2,1-3H3,(H,18,20). The van der Waals surface area contributed by atoms with Gasteiger partial charge in [-0.2, -0.15) is 4.31 Å². The van der Waals surface area contributed by atoms with Crippen LogP contribution in [-0.2, 0) is 16.6 Å². The molecule has 5 nitrogen and oxygen atoms in total. The number of carbonyl (C=O) groups excluding carboxylic acids is 1. The molecule has 6 heteroatoms. The van der Waals surface area contributed by atoms with Crippen molar-refractivity contribution in [3.8, 4) is 0 Å². The van der Waals surface area contributed by atoms with Crippen LogP contribution in [0.25, 0.3) is 0 Å². The molecule has 0 aliphatic carbocycles. The Kier molecular flexibility index (Phi) is 5.18. The van der Waals surface area contributed by atoms with Gasteiger partial charge in [0.2, 0.25) is 10.0 Å². The summed E-state index contributed by atoms with van der Waals surface area (Å²) >= 11 is 0. The van der Waals surface area contributed by atoms with E-state index in [1.807, 2.05) is 30.3 Å². The summed E-state index contributed by atoms with van der Waals surface area (Å²) in [4.78, 5) is 12.0. The zero-order valence-corrected chi connectivity index (χ0v) is 14.2. The van der Waals surface area contributed by atoms with Crippen molar-refractivity contribution in [2.75, 3.05) is 14.1 Å². The second kappa shape index (κ2) is 6.93. The van der Waals surface area contributed by atoms with E-state index in [9.17, 15) is 13.2 Å². The molecule has 23 heavy (non-hydrogen) atoms. The van der Waals surface area contributed by atoms with E-state index in [0.717, 1.165) is 11.1 Å². The van der Waals surface area contributed by atoms with Crippen molar-refractivity contribution in [1.29, 1.82) is 0 Å². The van der Waals surface area contributed by atoms with Crippen LogP contribution in [0, 0.1) is 6.92 Å². The van der Waals surface area contributed by atoms with Gasteiger partial charge in [-0.3, -0.25) is 4.79 Å². The first-order valence-corrected chi connectivity index (χ1v) is 8.63. The van der Waals surface area contributed by atoms with Gasteiger partial charge in [0.1, 0.15) is 0 Å². The maximum Gasteiger partial charge on any atom is 0.251 e. The zero-order chi connectivity index (χ0) is 17.0. The van der Waals surface area contributed by atoms with Crippen molar-refractivity contribution in [2.24, 2.45) is 0 Å². The molecule has 0 bridgehead atoms. The topological polar surface area (TPSA) is 66.5 Å². The van der Waals surface area contributed by atoms with Crippen molar-refractivity contribution in [3.05, 3.63) is 65.2 Å². The van der Waals surface area contributed by atoms with Crippen molar-refractivity contribution in [2.45, 2.75) is 18.4 Å². The van der Waals surface area contributed by atoms with Crippen molar-refractivity contribution >= 4 is 15.9 Å². The first kappa shape index (κ1) is 17.2. The molecule has 1 amide bonds. The highest BCUT2D eigenvalue weighted by Gasteiger charge is 2.22. The highest BCUT2D eigenvalue weighted by atomic mass is 32.2. The second-order valence-electron chi connectivity index (χ2n) is 5.30. The van der Waals surface area contributed by atoms with Crippen molar-refractivity contribution < 1.29 is 13.2 Å². The van der Waals surface area contributed by atoms with Crippen molar-refractivity contribution in [1.82, 2.24) is 9.62 Å². The Balaban J connectivity index is 2.34. The number of nitrogens with zero attached hydrogens (tertiary/aromatic N) is 1. The summed E-state index contributed by atoms with van der Waals surface area (Å²) in [5.41, 5.74) is 1.99. The lowest BCUT2D eigenvalue weighted by Gasteiger charge is -2.18. The lowest BCUT2D eigenvalue weighted by atomic mass is 10.1. The predicted molar refractivity (Wildman–Crippen MR) is 89.7 cm³/mol. The van der Waals surface area contributed by atoms with Crippen LogP contribution in [0.2, 0.25) is 0 Å². The van der Waals surface area contributed by atoms with Gasteiger partial charge in [0.25, 0.3) is 5.91 Å². The number of hydrogen-bond donors (Lipinski definition) is 1. The van der Waals surface area contributed by atoms with E-state index >= 15 is 0 Å². The Labute approximate surface area is 137 Å². The number of sulfonamides is 1. The van der Waals surface area contributed by atoms with Crippen LogP contribution in [0.1, 0.15) is 21.5 Å². The molecule has 0 aliphatic rings. The molecule has 1 N–H and O–H groups in total. The van der Waals surface area contributed by atoms with Gasteiger partial charge in [0.05, 0.1) is 4.90 Å². The fraction of sp³-hybridized carbons (Fsp3) is 0.235. The Morgan fingerprint density at radius 3 is 2.39 bits per heavy atom. The summed E-state index contributed by atoms with van der Waals surface area (Å²) in [7, 11) is -0.617. The van der Waals surface area contributed by atoms with Gasteiger partial charge >= 0.3 is 0 Å². The number of benzene rings is 2. The molecule has 2 rings (SSSR count). The number of amides is 1. The van der Waals surface area contributed by atoms with Gasteiger partial charge in [-0.25, -0.2) is 8.42 Å². The number of hydrogen-bond acceptors (Lipinski definition) is 3. The Morgan fingerprint density at radius 1 is 1.13 bits per heavy atom. The summed E-state index contributed by atoms with van der Waals surface area (Å²) in [6.45, 7) is 2.04. The third-order valence-corrected chi connectivity index (χ3v) is 5.44. The number of rotatable bonds is 5. The average molecular weight is 332 g/mol. The molecule has 0 aromatic heterocycles. The molecule has 0 saturated carbocycles. The predicted octanol–water partition coefficient (Wildman–Crippen LogP) is 2.18. The maximum absolute atomic E-state index is 12.7. The molecule has 2 aromatic carbocycles. The first-order chi connectivity index (χ1) is 10.9. The molecule has 0 saturated heterocycles. The molecule has 0 atom stereocenters. The van der Waals surface area contributed by atoms with E-state index < -0.39 is 10.0 Å². The fourth-order valence-electron chi connectivity index (χ4n) is 2.25. The normalized spacial score (nSPS) is 11.5. The third kappa shape index (κ3) is 3.78. The van der Waals surface area contributed by atoms with Gasteiger partial charge < -0.3 is 5.32 Å². The van der Waals surface area contributed by atoms with Gasteiger partial charge in [-0.05, 0) is 30.2 Å². The van der Waals surface area contributed by atoms with Crippen LogP contribution in [0.3, 0.4) is 0 Å². The molecule has 0 fully saturated rings. The van der Waals surface area contributed by atoms with Crippen molar-refractivity contribution in [3.63, 3.8) is 0 Å². The maximum atomic E-state index is 12.7. The third-order valence-electron chi connectivity index (χ3n) is 3.64. The quantitative estimate of drug-likeness (QED) is 0.912. The van der Waals surface area contributed by atoms with Crippen LogP contribution in [0.15, 0.2) is 53.4 Å². The van der Waals surface area contributed by atoms with E-state index in [1.165, 1.54) is 30.5 Å². The Morgan fingerprint density at radius 2 is 1.78 bits per heavy atom. The summed E-state index contributed by atoms with van der Waals surface area (Å²) < 4.78 is 26.7. The minimum absolute atomic E-state index is 0.111. The molecule has 2 aromatic rings. The van der Waals surface area contributed by atoms with E-state index in [2.05, 4.69) is 5.32 Å². The van der Waals surface area contributed by atoms with E-state index in [0.29, 0.717) is 5.56 Å². The minimum Gasteiger partial charge on any atom is -0.355 e. The Bertz CT molecular complexity index is 802. The SMILES string of the molecule is CNC(=O)c1cc(S(=O)(=O)N(C)Cc2ccccc2)ccc1C. The summed E-state index contributed by atoms with van der Waals surface area (Å²) in [5.74, 6) is -0.301. The minimum atomic E-state index is -3.66. The molecule has 0 heterocycles. The van der Waals surface area contributed by atoms with Gasteiger partial charge in [0.15, 0.2) is 0 Å². The molecule has 0 unspecified atom stereocenters. The van der Waals surface area contributed by atoms with Crippen LogP contribution in [-0.4, -0.2) is 32.7 Å². The molecule has 0 spiro atoms. The lowest BCUT2D eigenvalue weighted by molar-refractivity contribution is 0.0962. The highest BCUT2D eigenvalue weighted by Crippen LogP contribution is 2.20. The number of nitrogens with one attached hydrogen (secondary N) is 1. The molecular weight excluding hydrogens is 312 g/mol. The highest BCUT2D eigenvalue weighted by molar-refractivity contribution is 7.89. The molecule has 0 radical (unpaired) electrons. The van der Waals surface area contributed by atoms with Gasteiger partial charge in [0, 0.05) is 26.2 Å². The molecular formula is C17H20N2O3S.